The predicted molar refractivity (Wildman–Crippen MR) is 112 cm³/mol. The maximum atomic E-state index is 13.9. The zero-order chi connectivity index (χ0) is 18.0. The Kier molecular flexibility index (Phi) is 7.33. The van der Waals surface area contributed by atoms with E-state index < -0.39 is 11.6 Å². The molecule has 8 heteroatoms. The lowest BCUT2D eigenvalue weighted by atomic mass is 10.1. The molecule has 26 heavy (non-hydrogen) atoms. The van der Waals surface area contributed by atoms with E-state index in [9.17, 15) is 8.78 Å². The lowest BCUT2D eigenvalue weighted by molar-refractivity contribution is 0.553. The Balaban J connectivity index is 0.00000243. The van der Waals surface area contributed by atoms with Crippen LogP contribution >= 0.6 is 35.3 Å². The zero-order valence-electron chi connectivity index (χ0n) is 15.0. The fourth-order valence-corrected chi connectivity index (χ4v) is 3.77. The van der Waals surface area contributed by atoms with Crippen LogP contribution in [0.25, 0.3) is 0 Å². The number of nitrogens with one attached hydrogen (secondary N) is 2. The smallest absolute Gasteiger partial charge is 0.191 e. The van der Waals surface area contributed by atoms with Crippen LogP contribution in [0.3, 0.4) is 0 Å². The van der Waals surface area contributed by atoms with Crippen LogP contribution in [0.2, 0.25) is 0 Å². The number of benzene rings is 1. The Morgan fingerprint density at radius 3 is 2.58 bits per heavy atom. The molecule has 1 aromatic carbocycles. The van der Waals surface area contributed by atoms with Gasteiger partial charge >= 0.3 is 0 Å². The Labute approximate surface area is 173 Å². The first kappa shape index (κ1) is 21.0. The summed E-state index contributed by atoms with van der Waals surface area (Å²) in [7, 11) is 0. The molecule has 1 heterocycles. The highest BCUT2D eigenvalue weighted by Gasteiger charge is 2.42. The van der Waals surface area contributed by atoms with Gasteiger partial charge in [-0.25, -0.2) is 18.8 Å². The second kappa shape index (κ2) is 9.07. The molecule has 0 aliphatic heterocycles. The number of aliphatic imine (C=N–C) groups is 1. The summed E-state index contributed by atoms with van der Waals surface area (Å²) in [6, 6.07) is 4.00. The van der Waals surface area contributed by atoms with Gasteiger partial charge < -0.3 is 10.6 Å². The van der Waals surface area contributed by atoms with Crippen molar-refractivity contribution in [1.82, 2.24) is 15.6 Å². The third kappa shape index (κ3) is 4.91. The van der Waals surface area contributed by atoms with Gasteiger partial charge in [-0.2, -0.15) is 0 Å². The second-order valence-electron chi connectivity index (χ2n) is 6.16. The number of hydrogen-bond acceptors (Lipinski definition) is 3. The first-order valence-corrected chi connectivity index (χ1v) is 9.23. The molecule has 2 N–H and O–H groups in total. The van der Waals surface area contributed by atoms with Gasteiger partial charge in [0, 0.05) is 28.9 Å². The van der Waals surface area contributed by atoms with Crippen molar-refractivity contribution in [1.29, 1.82) is 0 Å². The molecular weight excluding hydrogens is 469 g/mol. The third-order valence-electron chi connectivity index (χ3n) is 4.21. The number of hydrogen-bond donors (Lipinski definition) is 2. The number of rotatable bonds is 5. The summed E-state index contributed by atoms with van der Waals surface area (Å²) in [4.78, 5) is 10.1. The van der Waals surface area contributed by atoms with E-state index in [2.05, 4.69) is 20.6 Å². The largest absolute Gasteiger partial charge is 0.357 e. The summed E-state index contributed by atoms with van der Waals surface area (Å²) in [5.74, 6) is -0.450. The van der Waals surface area contributed by atoms with E-state index in [1.807, 2.05) is 20.8 Å². The highest BCUT2D eigenvalue weighted by Crippen LogP contribution is 2.43. The molecule has 0 spiro atoms. The summed E-state index contributed by atoms with van der Waals surface area (Å²) >= 11 is 1.64. The van der Waals surface area contributed by atoms with Crippen LogP contribution < -0.4 is 10.6 Å². The molecule has 1 aliphatic rings. The first-order valence-electron chi connectivity index (χ1n) is 8.41. The fraction of sp³-hybridized carbons (Fsp3) is 0.444. The molecule has 0 saturated heterocycles. The van der Waals surface area contributed by atoms with E-state index in [1.165, 1.54) is 18.2 Å². The molecule has 4 nitrogen and oxygen atoms in total. The predicted octanol–water partition coefficient (Wildman–Crippen LogP) is 4.27. The minimum Gasteiger partial charge on any atom is -0.357 e. The van der Waals surface area contributed by atoms with E-state index >= 15 is 0 Å². The van der Waals surface area contributed by atoms with E-state index in [4.69, 9.17) is 0 Å². The molecule has 0 amide bonds. The number of thiazole rings is 1. The maximum absolute atomic E-state index is 13.9. The van der Waals surface area contributed by atoms with Gasteiger partial charge in [0.05, 0.1) is 17.2 Å². The lowest BCUT2D eigenvalue weighted by Gasteiger charge is -2.11. The summed E-state index contributed by atoms with van der Waals surface area (Å²) in [6.45, 7) is 7.20. The Bertz CT molecular complexity index is 773. The van der Waals surface area contributed by atoms with Crippen molar-refractivity contribution in [2.75, 3.05) is 6.54 Å². The second-order valence-corrected chi connectivity index (χ2v) is 7.45. The minimum atomic E-state index is -0.480. The standard InChI is InChI=1S/C18H22F2N4S.HI/c1-4-21-18(22-9-16-10(2)23-11(3)25-16)24-15-8-12(15)17-13(19)6-5-7-14(17)20;/h5-7,12,15H,4,8-9H2,1-3H3,(H2,21,22,24);1H. The van der Waals surface area contributed by atoms with Crippen LogP contribution in [0.5, 0.6) is 0 Å². The molecule has 0 radical (unpaired) electrons. The van der Waals surface area contributed by atoms with Gasteiger partial charge in [0.15, 0.2) is 5.96 Å². The van der Waals surface area contributed by atoms with E-state index in [-0.39, 0.29) is 41.5 Å². The fourth-order valence-electron chi connectivity index (χ4n) is 2.91. The van der Waals surface area contributed by atoms with Crippen LogP contribution in [0.15, 0.2) is 23.2 Å². The monoisotopic (exact) mass is 492 g/mol. The van der Waals surface area contributed by atoms with Crippen molar-refractivity contribution in [3.63, 3.8) is 0 Å². The van der Waals surface area contributed by atoms with Gasteiger partial charge in [-0.1, -0.05) is 6.07 Å². The van der Waals surface area contributed by atoms with Crippen molar-refractivity contribution in [2.45, 2.75) is 45.7 Å². The van der Waals surface area contributed by atoms with Gasteiger partial charge in [0.1, 0.15) is 11.6 Å². The van der Waals surface area contributed by atoms with E-state index in [0.29, 0.717) is 18.9 Å². The summed E-state index contributed by atoms with van der Waals surface area (Å²) in [6.07, 6.45) is 0.695. The van der Waals surface area contributed by atoms with Gasteiger partial charge in [0.25, 0.3) is 0 Å². The molecular formula is C18H23F2IN4S. The van der Waals surface area contributed by atoms with Crippen LogP contribution in [-0.4, -0.2) is 23.5 Å². The molecule has 2 atom stereocenters. The SMILES string of the molecule is CCNC(=NCc1sc(C)nc1C)NC1CC1c1c(F)cccc1F.I. The van der Waals surface area contributed by atoms with E-state index in [1.54, 1.807) is 11.3 Å². The number of guanidine groups is 1. The van der Waals surface area contributed by atoms with Gasteiger partial charge in [0.2, 0.25) is 0 Å². The normalized spacial score (nSPS) is 19.0. The van der Waals surface area contributed by atoms with Crippen molar-refractivity contribution < 1.29 is 8.78 Å². The average Bonchev–Trinajstić information content (AvgIpc) is 3.21. The number of halogens is 3. The molecule has 1 saturated carbocycles. The third-order valence-corrected chi connectivity index (χ3v) is 5.27. The Hall–Kier alpha value is -1.29. The lowest BCUT2D eigenvalue weighted by Crippen LogP contribution is -2.39. The Morgan fingerprint density at radius 2 is 2.00 bits per heavy atom. The molecule has 1 aliphatic carbocycles. The van der Waals surface area contributed by atoms with Crippen molar-refractivity contribution >= 4 is 41.3 Å². The van der Waals surface area contributed by atoms with Gasteiger partial charge in [-0.3, -0.25) is 0 Å². The highest BCUT2D eigenvalue weighted by molar-refractivity contribution is 14.0. The van der Waals surface area contributed by atoms with Gasteiger partial charge in [-0.05, 0) is 39.3 Å². The quantitative estimate of drug-likeness (QED) is 0.373. The summed E-state index contributed by atoms with van der Waals surface area (Å²) in [5, 5.41) is 7.49. The maximum Gasteiger partial charge on any atom is 0.191 e. The van der Waals surface area contributed by atoms with Crippen molar-refractivity contribution in [2.24, 2.45) is 4.99 Å². The molecule has 1 fully saturated rings. The first-order chi connectivity index (χ1) is 12.0. The van der Waals surface area contributed by atoms with Crippen molar-refractivity contribution in [3.05, 3.63) is 51.0 Å². The molecule has 0 bridgehead atoms. The zero-order valence-corrected chi connectivity index (χ0v) is 18.1. The number of aromatic nitrogens is 1. The molecule has 1 aromatic heterocycles. The number of aryl methyl sites for hydroxylation is 2. The minimum absolute atomic E-state index is 0. The topological polar surface area (TPSA) is 49.3 Å². The number of nitrogens with zero attached hydrogens (tertiary/aromatic N) is 2. The summed E-state index contributed by atoms with van der Waals surface area (Å²) in [5.41, 5.74) is 1.17. The van der Waals surface area contributed by atoms with Gasteiger partial charge in [-0.15, -0.1) is 35.3 Å². The van der Waals surface area contributed by atoms with Crippen LogP contribution in [0, 0.1) is 25.5 Å². The summed E-state index contributed by atoms with van der Waals surface area (Å²) < 4.78 is 27.8. The van der Waals surface area contributed by atoms with Crippen LogP contribution in [-0.2, 0) is 6.54 Å². The molecule has 142 valence electrons. The molecule has 2 unspecified atom stereocenters. The Morgan fingerprint density at radius 1 is 1.31 bits per heavy atom. The van der Waals surface area contributed by atoms with E-state index in [0.717, 1.165) is 22.1 Å². The molecule has 2 aromatic rings. The molecule has 3 rings (SSSR count). The van der Waals surface area contributed by atoms with Crippen LogP contribution in [0.1, 0.15) is 40.4 Å². The van der Waals surface area contributed by atoms with Crippen LogP contribution in [0.4, 0.5) is 8.78 Å². The van der Waals surface area contributed by atoms with Crippen molar-refractivity contribution in [3.8, 4) is 0 Å². The highest BCUT2D eigenvalue weighted by atomic mass is 127. The average molecular weight is 492 g/mol.